The lowest BCUT2D eigenvalue weighted by Gasteiger charge is -2.20. The number of halogens is 1. The number of nitrogens with zero attached hydrogens (tertiary/aromatic N) is 3. The van der Waals surface area contributed by atoms with Crippen LogP contribution >= 0.6 is 11.3 Å². The van der Waals surface area contributed by atoms with Gasteiger partial charge >= 0.3 is 0 Å². The highest BCUT2D eigenvalue weighted by Gasteiger charge is 2.21. The molecule has 2 aromatic heterocycles. The summed E-state index contributed by atoms with van der Waals surface area (Å²) in [7, 11) is 2.08. The summed E-state index contributed by atoms with van der Waals surface area (Å²) in [5.74, 6) is 0.342. The molecule has 0 amide bonds. The summed E-state index contributed by atoms with van der Waals surface area (Å²) in [6, 6.07) is 7.13. The van der Waals surface area contributed by atoms with Crippen LogP contribution in [0.4, 0.5) is 16.0 Å². The van der Waals surface area contributed by atoms with Gasteiger partial charge in [0.25, 0.3) is 0 Å². The number of hydrogen-bond donors (Lipinski definition) is 1. The molecule has 0 unspecified atom stereocenters. The molecule has 3 aromatic rings. The number of aromatic nitrogens is 2. The number of hydrogen-bond acceptors (Lipinski definition) is 6. The summed E-state index contributed by atoms with van der Waals surface area (Å²) in [5, 5.41) is 5.01. The average molecular weight is 358 g/mol. The maximum atomic E-state index is 14.3. The molecule has 7 heteroatoms. The number of ether oxygens (including phenoxy) is 1. The lowest BCUT2D eigenvalue weighted by atomic mass is 10.2. The molecule has 1 aliphatic rings. The molecule has 0 saturated carbocycles. The van der Waals surface area contributed by atoms with Crippen molar-refractivity contribution in [1.29, 1.82) is 0 Å². The zero-order valence-electron chi connectivity index (χ0n) is 13.9. The fourth-order valence-electron chi connectivity index (χ4n) is 3.03. The minimum atomic E-state index is -0.387. The van der Waals surface area contributed by atoms with Crippen molar-refractivity contribution in [2.75, 3.05) is 25.5 Å². The normalized spacial score (nSPS) is 17.9. The Labute approximate surface area is 149 Å². The van der Waals surface area contributed by atoms with E-state index in [-0.39, 0.29) is 11.6 Å². The number of rotatable bonds is 5. The Morgan fingerprint density at radius 2 is 2.32 bits per heavy atom. The standard InChI is InChI=1S/C18H19FN4OS/c1-23-7-2-3-13(23)11-24-16-5-4-12(9-14(16)19)21-18-20-10-17-15(22-18)6-8-25-17/h4-6,8-10,13H,2-3,7,11H2,1H3,(H,20,21,22)/t13-/m0/s1. The summed E-state index contributed by atoms with van der Waals surface area (Å²) in [6.07, 6.45) is 4.03. The summed E-state index contributed by atoms with van der Waals surface area (Å²) in [6.45, 7) is 1.59. The molecule has 1 fully saturated rings. The topological polar surface area (TPSA) is 50.3 Å². The average Bonchev–Trinajstić information content (AvgIpc) is 3.22. The summed E-state index contributed by atoms with van der Waals surface area (Å²) < 4.78 is 21.0. The van der Waals surface area contributed by atoms with Crippen molar-refractivity contribution in [3.8, 4) is 5.75 Å². The Morgan fingerprint density at radius 1 is 1.40 bits per heavy atom. The Kier molecular flexibility index (Phi) is 4.50. The van der Waals surface area contributed by atoms with Crippen molar-refractivity contribution in [3.63, 3.8) is 0 Å². The Bertz CT molecular complexity index is 884. The van der Waals surface area contributed by atoms with E-state index in [0.717, 1.165) is 23.2 Å². The maximum absolute atomic E-state index is 14.3. The Balaban J connectivity index is 1.43. The predicted octanol–water partition coefficient (Wildman–Crippen LogP) is 4.05. The van der Waals surface area contributed by atoms with E-state index in [2.05, 4.69) is 27.2 Å². The van der Waals surface area contributed by atoms with E-state index in [0.29, 0.717) is 24.3 Å². The monoisotopic (exact) mass is 358 g/mol. The second-order valence-electron chi connectivity index (χ2n) is 6.22. The molecule has 0 bridgehead atoms. The van der Waals surface area contributed by atoms with Gasteiger partial charge in [0.15, 0.2) is 11.6 Å². The van der Waals surface area contributed by atoms with E-state index >= 15 is 0 Å². The van der Waals surface area contributed by atoms with E-state index in [4.69, 9.17) is 4.74 Å². The van der Waals surface area contributed by atoms with Gasteiger partial charge in [-0.2, -0.15) is 0 Å². The molecule has 130 valence electrons. The van der Waals surface area contributed by atoms with Crippen LogP contribution in [0.15, 0.2) is 35.8 Å². The van der Waals surface area contributed by atoms with Gasteiger partial charge in [-0.25, -0.2) is 14.4 Å². The molecule has 0 spiro atoms. The smallest absolute Gasteiger partial charge is 0.227 e. The van der Waals surface area contributed by atoms with Crippen molar-refractivity contribution in [2.24, 2.45) is 0 Å². The van der Waals surface area contributed by atoms with Gasteiger partial charge in [0, 0.05) is 17.8 Å². The highest BCUT2D eigenvalue weighted by molar-refractivity contribution is 7.17. The molecule has 1 atom stereocenters. The van der Waals surface area contributed by atoms with E-state index in [1.165, 1.54) is 12.5 Å². The number of likely N-dealkylation sites (N-methyl/N-ethyl adjacent to an activating group) is 1. The number of benzene rings is 1. The zero-order chi connectivity index (χ0) is 17.2. The fourth-order valence-corrected chi connectivity index (χ4v) is 3.72. The first-order valence-corrected chi connectivity index (χ1v) is 9.17. The van der Waals surface area contributed by atoms with Gasteiger partial charge in [-0.05, 0) is 50.0 Å². The largest absolute Gasteiger partial charge is 0.489 e. The SMILES string of the molecule is CN1CCC[C@H]1COc1ccc(Nc2ncc3sccc3n2)cc1F. The van der Waals surface area contributed by atoms with Gasteiger partial charge in [-0.3, -0.25) is 0 Å². The molecule has 1 saturated heterocycles. The molecular formula is C18H19FN4OS. The minimum absolute atomic E-state index is 0.278. The van der Waals surface area contributed by atoms with Gasteiger partial charge in [0.05, 0.1) is 16.4 Å². The first-order valence-electron chi connectivity index (χ1n) is 8.29. The van der Waals surface area contributed by atoms with Crippen LogP contribution in [0.25, 0.3) is 10.2 Å². The first-order chi connectivity index (χ1) is 12.2. The molecule has 4 rings (SSSR count). The van der Waals surface area contributed by atoms with Crippen molar-refractivity contribution in [1.82, 2.24) is 14.9 Å². The summed E-state index contributed by atoms with van der Waals surface area (Å²) in [5.41, 5.74) is 1.47. The van der Waals surface area contributed by atoms with Crippen LogP contribution in [0, 0.1) is 5.82 Å². The third kappa shape index (κ3) is 3.57. The van der Waals surface area contributed by atoms with Crippen LogP contribution in [-0.2, 0) is 0 Å². The van der Waals surface area contributed by atoms with Crippen molar-refractivity contribution in [2.45, 2.75) is 18.9 Å². The first kappa shape index (κ1) is 16.2. The maximum Gasteiger partial charge on any atom is 0.227 e. The number of nitrogens with one attached hydrogen (secondary N) is 1. The van der Waals surface area contributed by atoms with Crippen LogP contribution in [-0.4, -0.2) is 41.1 Å². The number of likely N-dealkylation sites (tertiary alicyclic amines) is 1. The van der Waals surface area contributed by atoms with Crippen LogP contribution in [0.5, 0.6) is 5.75 Å². The molecule has 0 aliphatic carbocycles. The predicted molar refractivity (Wildman–Crippen MR) is 98.2 cm³/mol. The lowest BCUT2D eigenvalue weighted by molar-refractivity contribution is 0.193. The quantitative estimate of drug-likeness (QED) is 0.746. The van der Waals surface area contributed by atoms with Gasteiger partial charge in [-0.1, -0.05) is 0 Å². The highest BCUT2D eigenvalue weighted by atomic mass is 32.1. The second-order valence-corrected chi connectivity index (χ2v) is 7.17. The van der Waals surface area contributed by atoms with Gasteiger partial charge in [-0.15, -0.1) is 11.3 Å². The van der Waals surface area contributed by atoms with Gasteiger partial charge in [0.1, 0.15) is 6.61 Å². The molecular weight excluding hydrogens is 339 g/mol. The third-order valence-electron chi connectivity index (χ3n) is 4.49. The summed E-state index contributed by atoms with van der Waals surface area (Å²) >= 11 is 1.59. The van der Waals surface area contributed by atoms with Crippen LogP contribution < -0.4 is 10.1 Å². The molecule has 3 heterocycles. The highest BCUT2D eigenvalue weighted by Crippen LogP contribution is 2.25. The van der Waals surface area contributed by atoms with Crippen LogP contribution in [0.3, 0.4) is 0 Å². The van der Waals surface area contributed by atoms with Crippen molar-refractivity contribution >= 4 is 33.2 Å². The van der Waals surface area contributed by atoms with E-state index in [1.54, 1.807) is 29.7 Å². The Hall–Kier alpha value is -2.25. The van der Waals surface area contributed by atoms with Crippen molar-refractivity contribution in [3.05, 3.63) is 41.7 Å². The van der Waals surface area contributed by atoms with Gasteiger partial charge < -0.3 is 15.0 Å². The zero-order valence-corrected chi connectivity index (χ0v) is 14.7. The minimum Gasteiger partial charge on any atom is -0.489 e. The number of fused-ring (bicyclic) bond motifs is 1. The second kappa shape index (κ2) is 6.93. The number of anilines is 2. The van der Waals surface area contributed by atoms with E-state index in [1.807, 2.05) is 11.4 Å². The van der Waals surface area contributed by atoms with Crippen LogP contribution in [0.2, 0.25) is 0 Å². The van der Waals surface area contributed by atoms with Crippen LogP contribution in [0.1, 0.15) is 12.8 Å². The molecule has 1 aromatic carbocycles. The fraction of sp³-hybridized carbons (Fsp3) is 0.333. The van der Waals surface area contributed by atoms with E-state index in [9.17, 15) is 4.39 Å². The molecule has 0 radical (unpaired) electrons. The van der Waals surface area contributed by atoms with Gasteiger partial charge in [0.2, 0.25) is 5.95 Å². The lowest BCUT2D eigenvalue weighted by Crippen LogP contribution is -2.30. The molecule has 1 aliphatic heterocycles. The Morgan fingerprint density at radius 3 is 3.12 bits per heavy atom. The van der Waals surface area contributed by atoms with Crippen molar-refractivity contribution < 1.29 is 9.13 Å². The third-order valence-corrected chi connectivity index (χ3v) is 5.34. The number of thiophene rings is 1. The van der Waals surface area contributed by atoms with E-state index < -0.39 is 0 Å². The summed E-state index contributed by atoms with van der Waals surface area (Å²) in [4.78, 5) is 10.9. The molecule has 25 heavy (non-hydrogen) atoms. The molecule has 1 N–H and O–H groups in total. The molecule has 5 nitrogen and oxygen atoms in total.